The number of thioether (sulfide) groups is 1. The molecule has 1 aromatic carbocycles. The van der Waals surface area contributed by atoms with Crippen LogP contribution < -0.4 is 9.47 Å². The van der Waals surface area contributed by atoms with Crippen molar-refractivity contribution < 1.29 is 29.3 Å². The Bertz CT molecular complexity index is 1220. The second-order valence-corrected chi connectivity index (χ2v) is 13.8. The standard InChI is InChI=1S/C31H38O6S/c1-29(2)36-25-6-5-19(14-26(25)37-29)4-3-11-38-18-22(31-10-8-21(16-31)13-24(31)28(34)35)17-30-9-7-20(15-30)12-23(30)27(32)33/h5-6,12-14,20-22H,3-4,7-11,15-18H2,1-2H3,(H,32,33)(H,34,35). The van der Waals surface area contributed by atoms with Crippen LogP contribution in [0.5, 0.6) is 11.5 Å². The third-order valence-corrected chi connectivity index (χ3v) is 11.0. The molecule has 1 aromatic rings. The SMILES string of the molecule is CC1(C)Oc2ccc(CCCSCC(CC34CCC(C=C3C(=O)O)C4)C34CCC(C=C3C(=O)O)C4)cc2O1. The van der Waals surface area contributed by atoms with Gasteiger partial charge < -0.3 is 19.7 Å². The summed E-state index contributed by atoms with van der Waals surface area (Å²) in [5, 5.41) is 20.1. The number of rotatable bonds is 11. The van der Waals surface area contributed by atoms with Crippen LogP contribution in [0.4, 0.5) is 0 Å². The predicted octanol–water partition coefficient (Wildman–Crippen LogP) is 6.49. The minimum atomic E-state index is -0.784. The minimum absolute atomic E-state index is 0.176. The number of carbonyl (C=O) groups is 2. The third kappa shape index (κ3) is 4.44. The highest BCUT2D eigenvalue weighted by atomic mass is 32.2. The maximum absolute atomic E-state index is 12.3. The van der Waals surface area contributed by atoms with E-state index in [1.165, 1.54) is 5.56 Å². The molecule has 4 bridgehead atoms. The van der Waals surface area contributed by atoms with Gasteiger partial charge in [-0.3, -0.25) is 0 Å². The molecule has 38 heavy (non-hydrogen) atoms. The van der Waals surface area contributed by atoms with E-state index in [0.717, 1.165) is 80.8 Å². The number of allylic oxidation sites excluding steroid dienone is 2. The highest BCUT2D eigenvalue weighted by Crippen LogP contribution is 2.64. The molecule has 6 rings (SSSR count). The topological polar surface area (TPSA) is 93.1 Å². The zero-order valence-corrected chi connectivity index (χ0v) is 23.1. The van der Waals surface area contributed by atoms with Gasteiger partial charge in [0.1, 0.15) is 0 Å². The first kappa shape index (κ1) is 25.8. The second-order valence-electron chi connectivity index (χ2n) is 12.7. The summed E-state index contributed by atoms with van der Waals surface area (Å²) in [5.41, 5.74) is 1.82. The van der Waals surface area contributed by atoms with Gasteiger partial charge in [0.2, 0.25) is 5.79 Å². The Kier molecular flexibility index (Phi) is 6.36. The fraction of sp³-hybridized carbons (Fsp3) is 0.613. The molecule has 204 valence electrons. The van der Waals surface area contributed by atoms with Gasteiger partial charge in [-0.25, -0.2) is 9.59 Å². The molecular formula is C31H38O6S. The van der Waals surface area contributed by atoms with Crippen LogP contribution in [0.2, 0.25) is 0 Å². The molecule has 2 N–H and O–H groups in total. The van der Waals surface area contributed by atoms with Gasteiger partial charge in [-0.1, -0.05) is 18.2 Å². The lowest BCUT2D eigenvalue weighted by molar-refractivity contribution is -0.135. The van der Waals surface area contributed by atoms with Crippen molar-refractivity contribution in [3.8, 4) is 11.5 Å². The fourth-order valence-electron chi connectivity index (χ4n) is 8.25. The van der Waals surface area contributed by atoms with Crippen molar-refractivity contribution in [1.82, 2.24) is 0 Å². The maximum Gasteiger partial charge on any atom is 0.331 e. The molecule has 0 aromatic heterocycles. The van der Waals surface area contributed by atoms with Gasteiger partial charge in [0.05, 0.1) is 0 Å². The highest BCUT2D eigenvalue weighted by molar-refractivity contribution is 7.99. The Morgan fingerprint density at radius 3 is 2.45 bits per heavy atom. The lowest BCUT2D eigenvalue weighted by Crippen LogP contribution is -2.38. The van der Waals surface area contributed by atoms with Gasteiger partial charge in [-0.05, 0) is 105 Å². The number of fused-ring (bicyclic) bond motifs is 5. The Morgan fingerprint density at radius 2 is 1.71 bits per heavy atom. The van der Waals surface area contributed by atoms with Crippen LogP contribution in [0, 0.1) is 28.6 Å². The number of carboxylic acids is 2. The number of hydrogen-bond acceptors (Lipinski definition) is 5. The van der Waals surface area contributed by atoms with Gasteiger partial charge >= 0.3 is 11.9 Å². The van der Waals surface area contributed by atoms with E-state index >= 15 is 0 Å². The summed E-state index contributed by atoms with van der Waals surface area (Å²) in [6.07, 6.45) is 12.6. The molecule has 5 aliphatic rings. The molecule has 4 aliphatic carbocycles. The number of aliphatic carboxylic acids is 2. The Balaban J connectivity index is 1.14. The molecule has 0 spiro atoms. The first-order valence-electron chi connectivity index (χ1n) is 14.1. The van der Waals surface area contributed by atoms with Crippen LogP contribution >= 0.6 is 11.8 Å². The van der Waals surface area contributed by atoms with E-state index in [0.29, 0.717) is 23.0 Å². The molecule has 0 radical (unpaired) electrons. The van der Waals surface area contributed by atoms with Crippen molar-refractivity contribution in [3.63, 3.8) is 0 Å². The fourth-order valence-corrected chi connectivity index (χ4v) is 9.49. The van der Waals surface area contributed by atoms with Crippen molar-refractivity contribution in [2.75, 3.05) is 11.5 Å². The Hall–Kier alpha value is -2.41. The summed E-state index contributed by atoms with van der Waals surface area (Å²) in [6, 6.07) is 6.17. The summed E-state index contributed by atoms with van der Waals surface area (Å²) in [5.74, 6) is 2.17. The van der Waals surface area contributed by atoms with Crippen LogP contribution in [-0.4, -0.2) is 39.4 Å². The number of carboxylic acid groups (broad SMARTS) is 2. The number of ether oxygens (including phenoxy) is 2. The lowest BCUT2D eigenvalue weighted by Gasteiger charge is -2.42. The zero-order valence-electron chi connectivity index (χ0n) is 22.3. The van der Waals surface area contributed by atoms with Gasteiger partial charge in [0.25, 0.3) is 0 Å². The van der Waals surface area contributed by atoms with Crippen LogP contribution in [0.3, 0.4) is 0 Å². The molecule has 7 heteroatoms. The van der Waals surface area contributed by atoms with Gasteiger partial charge in [0.15, 0.2) is 11.5 Å². The minimum Gasteiger partial charge on any atom is -0.478 e. The summed E-state index contributed by atoms with van der Waals surface area (Å²) in [6.45, 7) is 3.82. The van der Waals surface area contributed by atoms with Crippen molar-refractivity contribution >= 4 is 23.7 Å². The van der Waals surface area contributed by atoms with E-state index < -0.39 is 17.7 Å². The molecule has 0 saturated heterocycles. The molecule has 1 heterocycles. The quantitative estimate of drug-likeness (QED) is 0.311. The smallest absolute Gasteiger partial charge is 0.331 e. The van der Waals surface area contributed by atoms with Crippen molar-refractivity contribution in [1.29, 1.82) is 0 Å². The van der Waals surface area contributed by atoms with Crippen LogP contribution in [-0.2, 0) is 16.0 Å². The van der Waals surface area contributed by atoms with Gasteiger partial charge in [-0.15, -0.1) is 0 Å². The van der Waals surface area contributed by atoms with E-state index in [1.54, 1.807) is 0 Å². The molecule has 5 atom stereocenters. The summed E-state index contributed by atoms with van der Waals surface area (Å²) >= 11 is 1.91. The Labute approximate surface area is 228 Å². The third-order valence-electron chi connectivity index (χ3n) is 9.82. The Morgan fingerprint density at radius 1 is 1.00 bits per heavy atom. The van der Waals surface area contributed by atoms with Gasteiger partial charge in [0, 0.05) is 35.8 Å². The number of hydrogen-bond donors (Lipinski definition) is 2. The van der Waals surface area contributed by atoms with Crippen LogP contribution in [0.1, 0.15) is 70.8 Å². The first-order valence-corrected chi connectivity index (χ1v) is 15.2. The average Bonchev–Trinajstić information content (AvgIpc) is 3.66. The average molecular weight is 539 g/mol. The molecule has 1 aliphatic heterocycles. The van der Waals surface area contributed by atoms with Crippen LogP contribution in [0.25, 0.3) is 0 Å². The molecular weight excluding hydrogens is 500 g/mol. The molecule has 5 unspecified atom stereocenters. The lowest BCUT2D eigenvalue weighted by atomic mass is 9.63. The summed E-state index contributed by atoms with van der Waals surface area (Å²) in [7, 11) is 0. The van der Waals surface area contributed by atoms with Crippen molar-refractivity contribution in [3.05, 3.63) is 47.1 Å². The number of aryl methyl sites for hydroxylation is 1. The van der Waals surface area contributed by atoms with E-state index in [2.05, 4.69) is 12.1 Å². The summed E-state index contributed by atoms with van der Waals surface area (Å²) < 4.78 is 11.7. The molecule has 0 amide bonds. The largest absolute Gasteiger partial charge is 0.478 e. The van der Waals surface area contributed by atoms with Crippen LogP contribution in [0.15, 0.2) is 41.5 Å². The first-order chi connectivity index (χ1) is 18.1. The molecule has 2 saturated carbocycles. The predicted molar refractivity (Wildman–Crippen MR) is 147 cm³/mol. The number of benzene rings is 1. The highest BCUT2D eigenvalue weighted by Gasteiger charge is 2.57. The normalized spacial score (nSPS) is 32.4. The van der Waals surface area contributed by atoms with E-state index in [-0.39, 0.29) is 16.7 Å². The monoisotopic (exact) mass is 538 g/mol. The van der Waals surface area contributed by atoms with Gasteiger partial charge in [-0.2, -0.15) is 11.8 Å². The van der Waals surface area contributed by atoms with E-state index in [9.17, 15) is 19.8 Å². The van der Waals surface area contributed by atoms with Crippen molar-refractivity contribution in [2.24, 2.45) is 28.6 Å². The maximum atomic E-state index is 12.3. The second kappa shape index (κ2) is 9.35. The molecule has 6 nitrogen and oxygen atoms in total. The summed E-state index contributed by atoms with van der Waals surface area (Å²) in [4.78, 5) is 24.5. The van der Waals surface area contributed by atoms with Crippen molar-refractivity contribution in [2.45, 2.75) is 77.4 Å². The zero-order chi connectivity index (χ0) is 26.7. The van der Waals surface area contributed by atoms with E-state index in [1.807, 2.05) is 43.8 Å². The molecule has 2 fully saturated rings. The van der Waals surface area contributed by atoms with E-state index in [4.69, 9.17) is 9.47 Å².